The third-order valence-electron chi connectivity index (χ3n) is 4.07. The summed E-state index contributed by atoms with van der Waals surface area (Å²) in [6, 6.07) is 12.4. The quantitative estimate of drug-likeness (QED) is 0.709. The van der Waals surface area contributed by atoms with E-state index in [1.54, 1.807) is 6.07 Å². The first-order valence-electron chi connectivity index (χ1n) is 7.36. The topological polar surface area (TPSA) is 62.5 Å². The van der Waals surface area contributed by atoms with Gasteiger partial charge < -0.3 is 5.11 Å². The van der Waals surface area contributed by atoms with Crippen molar-refractivity contribution in [3.63, 3.8) is 0 Å². The van der Waals surface area contributed by atoms with Crippen LogP contribution in [0.2, 0.25) is 10.0 Å². The minimum atomic E-state index is -1.17. The highest BCUT2D eigenvalue weighted by atomic mass is 35.5. The molecule has 0 bridgehead atoms. The van der Waals surface area contributed by atoms with Crippen LogP contribution in [-0.2, 0) is 7.05 Å². The average molecular weight is 377 g/mol. The Hall–Kier alpha value is -2.50. The van der Waals surface area contributed by atoms with Gasteiger partial charge in [0.15, 0.2) is 0 Å². The second kappa shape index (κ2) is 6.43. The van der Waals surface area contributed by atoms with Crippen LogP contribution in [0.4, 0.5) is 10.6 Å². The number of nitrogens with zero attached hydrogens (tertiary/aromatic N) is 2. The van der Waals surface area contributed by atoms with Gasteiger partial charge in [0.1, 0.15) is 5.82 Å². The van der Waals surface area contributed by atoms with Crippen molar-refractivity contribution in [1.82, 2.24) is 4.57 Å². The number of fused-ring (bicyclic) bond motifs is 1. The van der Waals surface area contributed by atoms with Gasteiger partial charge in [0, 0.05) is 30.4 Å². The fraction of sp³-hybridized carbons (Fsp3) is 0.111. The summed E-state index contributed by atoms with van der Waals surface area (Å²) in [7, 11) is 2.93. The molecule has 1 N–H and O–H groups in total. The number of hydrogen-bond donors (Lipinski definition) is 1. The Morgan fingerprint density at radius 1 is 1.08 bits per heavy atom. The molecule has 0 atom stereocenters. The van der Waals surface area contributed by atoms with Crippen molar-refractivity contribution < 1.29 is 9.90 Å². The predicted octanol–water partition coefficient (Wildman–Crippen LogP) is 4.63. The van der Waals surface area contributed by atoms with E-state index in [0.29, 0.717) is 21.4 Å². The van der Waals surface area contributed by atoms with Crippen molar-refractivity contribution in [3.8, 4) is 11.1 Å². The van der Waals surface area contributed by atoms with Crippen LogP contribution in [0.25, 0.3) is 21.9 Å². The van der Waals surface area contributed by atoms with E-state index in [2.05, 4.69) is 0 Å². The molecular formula is C18H14Cl2N2O3. The van der Waals surface area contributed by atoms with Crippen LogP contribution in [0.1, 0.15) is 0 Å². The molecule has 7 heteroatoms. The normalized spacial score (nSPS) is 10.9. The van der Waals surface area contributed by atoms with Gasteiger partial charge in [-0.2, -0.15) is 0 Å². The average Bonchev–Trinajstić information content (AvgIpc) is 2.59. The summed E-state index contributed by atoms with van der Waals surface area (Å²) in [5.41, 5.74) is 1.02. The molecule has 0 aliphatic rings. The molecule has 3 aromatic rings. The molecule has 1 aromatic heterocycles. The smallest absolute Gasteiger partial charge is 0.412 e. The van der Waals surface area contributed by atoms with E-state index in [1.165, 1.54) is 24.7 Å². The van der Waals surface area contributed by atoms with Crippen molar-refractivity contribution in [3.05, 3.63) is 62.9 Å². The number of halogens is 2. The molecule has 0 fully saturated rings. The first kappa shape index (κ1) is 17.3. The zero-order valence-electron chi connectivity index (χ0n) is 13.5. The van der Waals surface area contributed by atoms with Crippen LogP contribution in [0.5, 0.6) is 0 Å². The van der Waals surface area contributed by atoms with E-state index in [4.69, 9.17) is 23.2 Å². The van der Waals surface area contributed by atoms with Gasteiger partial charge in [-0.05, 0) is 17.7 Å². The fourth-order valence-corrected chi connectivity index (χ4v) is 3.20. The summed E-state index contributed by atoms with van der Waals surface area (Å²) in [5.74, 6) is 0.259. The van der Waals surface area contributed by atoms with Gasteiger partial charge in [-0.3, -0.25) is 14.3 Å². The van der Waals surface area contributed by atoms with E-state index < -0.39 is 6.09 Å². The molecule has 0 unspecified atom stereocenters. The number of anilines is 1. The molecule has 0 aliphatic heterocycles. The van der Waals surface area contributed by atoms with E-state index in [9.17, 15) is 14.7 Å². The van der Waals surface area contributed by atoms with Crippen molar-refractivity contribution >= 4 is 45.9 Å². The molecule has 1 heterocycles. The molecule has 0 saturated heterocycles. The largest absolute Gasteiger partial charge is 0.465 e. The molecule has 1 amide bonds. The highest BCUT2D eigenvalue weighted by Crippen LogP contribution is 2.38. The molecule has 0 aliphatic carbocycles. The third-order valence-corrected chi connectivity index (χ3v) is 4.80. The Morgan fingerprint density at radius 3 is 2.20 bits per heavy atom. The summed E-state index contributed by atoms with van der Waals surface area (Å²) in [6.45, 7) is 0. The molecular weight excluding hydrogens is 363 g/mol. The number of rotatable bonds is 2. The molecule has 25 heavy (non-hydrogen) atoms. The van der Waals surface area contributed by atoms with E-state index in [1.807, 2.05) is 30.3 Å². The van der Waals surface area contributed by atoms with Gasteiger partial charge in [-0.1, -0.05) is 53.5 Å². The van der Waals surface area contributed by atoms with Gasteiger partial charge in [-0.15, -0.1) is 0 Å². The van der Waals surface area contributed by atoms with Crippen LogP contribution in [0, 0.1) is 0 Å². The van der Waals surface area contributed by atoms with E-state index in [-0.39, 0.29) is 16.4 Å². The van der Waals surface area contributed by atoms with Gasteiger partial charge in [0.2, 0.25) is 0 Å². The lowest BCUT2D eigenvalue weighted by Gasteiger charge is -2.23. The molecule has 3 rings (SSSR count). The second-order valence-corrected chi connectivity index (χ2v) is 6.40. The Bertz CT molecular complexity index is 1050. The maximum atomic E-state index is 12.8. The van der Waals surface area contributed by atoms with Crippen molar-refractivity contribution in [2.45, 2.75) is 0 Å². The first-order chi connectivity index (χ1) is 11.8. The number of carboxylic acid groups (broad SMARTS) is 1. The van der Waals surface area contributed by atoms with Crippen LogP contribution in [0.3, 0.4) is 0 Å². The molecule has 5 nitrogen and oxygen atoms in total. The number of carbonyl (C=O) groups is 1. The first-order valence-corrected chi connectivity index (χ1v) is 8.12. The lowest BCUT2D eigenvalue weighted by molar-refractivity contribution is 0.203. The number of amides is 1. The highest BCUT2D eigenvalue weighted by Gasteiger charge is 2.23. The van der Waals surface area contributed by atoms with Gasteiger partial charge in [-0.25, -0.2) is 4.79 Å². The summed E-state index contributed by atoms with van der Waals surface area (Å²) >= 11 is 12.2. The van der Waals surface area contributed by atoms with Gasteiger partial charge in [0.25, 0.3) is 5.56 Å². The highest BCUT2D eigenvalue weighted by molar-refractivity contribution is 6.43. The monoisotopic (exact) mass is 376 g/mol. The molecule has 0 spiro atoms. The van der Waals surface area contributed by atoms with Crippen LogP contribution < -0.4 is 10.5 Å². The third kappa shape index (κ3) is 2.86. The van der Waals surface area contributed by atoms with Crippen LogP contribution >= 0.6 is 23.2 Å². The Balaban J connectivity index is 2.57. The minimum Gasteiger partial charge on any atom is -0.465 e. The minimum absolute atomic E-state index is 0.259. The van der Waals surface area contributed by atoms with Crippen LogP contribution in [-0.4, -0.2) is 22.8 Å². The van der Waals surface area contributed by atoms with Crippen molar-refractivity contribution in [2.75, 3.05) is 11.9 Å². The lowest BCUT2D eigenvalue weighted by Crippen LogP contribution is -2.32. The molecule has 128 valence electrons. The zero-order valence-corrected chi connectivity index (χ0v) is 15.0. The maximum absolute atomic E-state index is 12.8. The van der Waals surface area contributed by atoms with Crippen LogP contribution in [0.15, 0.2) is 47.3 Å². The summed E-state index contributed by atoms with van der Waals surface area (Å²) < 4.78 is 1.31. The SMILES string of the molecule is CN(C(=O)O)c1c(-c2ccccc2)c2cc(Cl)c(Cl)cc2c(=O)n1C. The number of hydrogen-bond acceptors (Lipinski definition) is 2. The van der Waals surface area contributed by atoms with Crippen molar-refractivity contribution in [1.29, 1.82) is 0 Å². The van der Waals surface area contributed by atoms with E-state index in [0.717, 1.165) is 10.5 Å². The number of pyridine rings is 1. The van der Waals surface area contributed by atoms with Gasteiger partial charge in [0.05, 0.1) is 10.0 Å². The molecule has 0 radical (unpaired) electrons. The van der Waals surface area contributed by atoms with E-state index >= 15 is 0 Å². The lowest BCUT2D eigenvalue weighted by atomic mass is 9.99. The number of aromatic nitrogens is 1. The Labute approximate surface area is 153 Å². The molecule has 0 saturated carbocycles. The second-order valence-electron chi connectivity index (χ2n) is 5.58. The van der Waals surface area contributed by atoms with Crippen molar-refractivity contribution in [2.24, 2.45) is 7.05 Å². The summed E-state index contributed by atoms with van der Waals surface area (Å²) in [6.07, 6.45) is -1.17. The number of benzene rings is 2. The Kier molecular flexibility index (Phi) is 4.45. The maximum Gasteiger partial charge on any atom is 0.412 e. The summed E-state index contributed by atoms with van der Waals surface area (Å²) in [5, 5.41) is 10.9. The Morgan fingerprint density at radius 2 is 1.64 bits per heavy atom. The fourth-order valence-electron chi connectivity index (χ4n) is 2.87. The van der Waals surface area contributed by atoms with Gasteiger partial charge >= 0.3 is 6.09 Å². The molecule has 2 aromatic carbocycles. The predicted molar refractivity (Wildman–Crippen MR) is 101 cm³/mol. The standard InChI is InChI=1S/C18H14Cl2N2O3/c1-21-16(22(2)18(24)25)15(10-6-4-3-5-7-10)11-8-13(19)14(20)9-12(11)17(21)23/h3-9H,1-2H3,(H,24,25). The zero-order chi connectivity index (χ0) is 18.3. The summed E-state index contributed by atoms with van der Waals surface area (Å²) in [4.78, 5) is 25.4.